The fraction of sp³-hybridized carbons (Fsp3) is 0.0833. The Kier molecular flexibility index (Phi) is 3.36. The quantitative estimate of drug-likeness (QED) is 0.865. The highest BCUT2D eigenvalue weighted by Crippen LogP contribution is 2.28. The molecule has 0 unspecified atom stereocenters. The molecule has 2 rings (SSSR count). The first kappa shape index (κ1) is 12.6. The Bertz CT molecular complexity index is 694. The van der Waals surface area contributed by atoms with Crippen molar-refractivity contribution in [2.45, 2.75) is 9.10 Å². The molecule has 0 amide bonds. The van der Waals surface area contributed by atoms with E-state index < -0.39 is 9.84 Å². The number of rotatable bonds is 3. The lowest BCUT2D eigenvalue weighted by molar-refractivity contribution is 0.414. The van der Waals surface area contributed by atoms with Crippen LogP contribution < -0.4 is 4.74 Å². The number of sulfone groups is 1. The van der Waals surface area contributed by atoms with Gasteiger partial charge in [-0.15, -0.1) is 11.3 Å². The van der Waals surface area contributed by atoms with E-state index in [1.165, 1.54) is 31.4 Å². The Labute approximate surface area is 109 Å². The van der Waals surface area contributed by atoms with Crippen LogP contribution in [0, 0.1) is 11.3 Å². The van der Waals surface area contributed by atoms with Gasteiger partial charge in [0, 0.05) is 0 Å². The molecule has 0 fully saturated rings. The SMILES string of the molecule is COc1ccc(S(=O)(=O)c2ccc(C#N)s2)cc1. The van der Waals surface area contributed by atoms with Crippen molar-refractivity contribution in [2.75, 3.05) is 7.11 Å². The van der Waals surface area contributed by atoms with Crippen LogP contribution in [0.15, 0.2) is 45.5 Å². The lowest BCUT2D eigenvalue weighted by Crippen LogP contribution is -1.99. The van der Waals surface area contributed by atoms with Gasteiger partial charge >= 0.3 is 0 Å². The van der Waals surface area contributed by atoms with Crippen LogP contribution in [-0.4, -0.2) is 15.5 Å². The maximum absolute atomic E-state index is 12.2. The largest absolute Gasteiger partial charge is 0.497 e. The maximum Gasteiger partial charge on any atom is 0.216 e. The summed E-state index contributed by atoms with van der Waals surface area (Å²) in [4.78, 5) is 0.566. The number of nitriles is 1. The summed E-state index contributed by atoms with van der Waals surface area (Å²) in [5.41, 5.74) is 0. The second-order valence-corrected chi connectivity index (χ2v) is 6.67. The second-order valence-electron chi connectivity index (χ2n) is 3.41. The van der Waals surface area contributed by atoms with Gasteiger partial charge in [-0.1, -0.05) is 0 Å². The molecule has 4 nitrogen and oxygen atoms in total. The summed E-state index contributed by atoms with van der Waals surface area (Å²) in [6.07, 6.45) is 0. The summed E-state index contributed by atoms with van der Waals surface area (Å²) in [7, 11) is -2.03. The molecule has 0 aliphatic rings. The molecule has 6 heteroatoms. The van der Waals surface area contributed by atoms with Crippen molar-refractivity contribution in [3.8, 4) is 11.8 Å². The molecule has 0 radical (unpaired) electrons. The molecule has 0 aliphatic carbocycles. The van der Waals surface area contributed by atoms with Crippen molar-refractivity contribution in [1.82, 2.24) is 0 Å². The minimum absolute atomic E-state index is 0.171. The summed E-state index contributed by atoms with van der Waals surface area (Å²) in [5, 5.41) is 8.70. The molecule has 2 aromatic rings. The highest BCUT2D eigenvalue weighted by molar-refractivity contribution is 7.93. The number of thiophene rings is 1. The fourth-order valence-corrected chi connectivity index (χ4v) is 3.90. The molecule has 1 aromatic heterocycles. The molecular weight excluding hydrogens is 270 g/mol. The van der Waals surface area contributed by atoms with Crippen molar-refractivity contribution in [2.24, 2.45) is 0 Å². The number of hydrogen-bond donors (Lipinski definition) is 0. The molecule has 0 aliphatic heterocycles. The third kappa shape index (κ3) is 2.23. The summed E-state index contributed by atoms with van der Waals surface area (Å²) in [5.74, 6) is 0.595. The standard InChI is InChI=1S/C12H9NO3S2/c1-16-9-2-5-11(6-3-9)18(14,15)12-7-4-10(8-13)17-12/h2-7H,1H3. The van der Waals surface area contributed by atoms with E-state index in [0.29, 0.717) is 10.6 Å². The average Bonchev–Trinajstić information content (AvgIpc) is 2.88. The maximum atomic E-state index is 12.2. The van der Waals surface area contributed by atoms with E-state index in [2.05, 4.69) is 0 Å². The predicted octanol–water partition coefficient (Wildman–Crippen LogP) is 2.46. The number of hydrogen-bond acceptors (Lipinski definition) is 5. The first-order valence-electron chi connectivity index (χ1n) is 4.97. The Hall–Kier alpha value is -1.84. The number of ether oxygens (including phenoxy) is 1. The van der Waals surface area contributed by atoms with Crippen molar-refractivity contribution in [1.29, 1.82) is 5.26 Å². The number of nitrogens with zero attached hydrogens (tertiary/aromatic N) is 1. The van der Waals surface area contributed by atoms with Gasteiger partial charge in [-0.3, -0.25) is 0 Å². The minimum atomic E-state index is -3.54. The van der Waals surface area contributed by atoms with Crippen LogP contribution in [0.3, 0.4) is 0 Å². The van der Waals surface area contributed by atoms with Crippen molar-refractivity contribution in [3.05, 3.63) is 41.3 Å². The lowest BCUT2D eigenvalue weighted by Gasteiger charge is -2.03. The van der Waals surface area contributed by atoms with E-state index >= 15 is 0 Å². The van der Waals surface area contributed by atoms with Crippen LogP contribution in [0.5, 0.6) is 5.75 Å². The van der Waals surface area contributed by atoms with Gasteiger partial charge in [0.05, 0.1) is 12.0 Å². The van der Waals surface area contributed by atoms with Crippen LogP contribution in [0.25, 0.3) is 0 Å². The van der Waals surface area contributed by atoms with E-state index in [1.54, 1.807) is 12.1 Å². The average molecular weight is 279 g/mol. The molecule has 0 saturated heterocycles. The summed E-state index contributed by atoms with van der Waals surface area (Å²) in [6, 6.07) is 11.0. The minimum Gasteiger partial charge on any atom is -0.497 e. The third-order valence-electron chi connectivity index (χ3n) is 2.33. The zero-order valence-electron chi connectivity index (χ0n) is 9.45. The van der Waals surface area contributed by atoms with Gasteiger partial charge in [-0.05, 0) is 36.4 Å². The lowest BCUT2D eigenvalue weighted by atomic mass is 10.3. The number of benzene rings is 1. The van der Waals surface area contributed by atoms with Gasteiger partial charge in [-0.2, -0.15) is 5.26 Å². The first-order valence-corrected chi connectivity index (χ1v) is 7.27. The topological polar surface area (TPSA) is 67.2 Å². The van der Waals surface area contributed by atoms with E-state index in [-0.39, 0.29) is 9.10 Å². The molecule has 0 N–H and O–H groups in total. The van der Waals surface area contributed by atoms with Crippen LogP contribution in [0.4, 0.5) is 0 Å². The summed E-state index contributed by atoms with van der Waals surface area (Å²) < 4.78 is 29.6. The molecule has 0 bridgehead atoms. The van der Waals surface area contributed by atoms with Crippen LogP contribution in [0.1, 0.15) is 4.88 Å². The van der Waals surface area contributed by atoms with E-state index in [0.717, 1.165) is 11.3 Å². The smallest absolute Gasteiger partial charge is 0.216 e. The van der Waals surface area contributed by atoms with Crippen molar-refractivity contribution >= 4 is 21.2 Å². The van der Waals surface area contributed by atoms with Gasteiger partial charge in [-0.25, -0.2) is 8.42 Å². The Balaban J connectivity index is 2.44. The molecule has 0 atom stereocenters. The zero-order valence-corrected chi connectivity index (χ0v) is 11.1. The van der Waals surface area contributed by atoms with Gasteiger partial charge in [0.2, 0.25) is 9.84 Å². The first-order chi connectivity index (χ1) is 8.57. The molecule has 1 heterocycles. The van der Waals surface area contributed by atoms with Crippen molar-refractivity contribution in [3.63, 3.8) is 0 Å². The number of methoxy groups -OCH3 is 1. The van der Waals surface area contributed by atoms with Crippen LogP contribution in [-0.2, 0) is 9.84 Å². The molecular formula is C12H9NO3S2. The molecule has 92 valence electrons. The molecule has 0 saturated carbocycles. The van der Waals surface area contributed by atoms with Crippen LogP contribution >= 0.6 is 11.3 Å². The molecule has 18 heavy (non-hydrogen) atoms. The Morgan fingerprint density at radius 1 is 1.17 bits per heavy atom. The van der Waals surface area contributed by atoms with Gasteiger partial charge in [0.25, 0.3) is 0 Å². The summed E-state index contributed by atoms with van der Waals surface area (Å²) >= 11 is 0.964. The van der Waals surface area contributed by atoms with E-state index in [1.807, 2.05) is 6.07 Å². The Morgan fingerprint density at radius 2 is 1.83 bits per heavy atom. The molecule has 0 spiro atoms. The van der Waals surface area contributed by atoms with Gasteiger partial charge < -0.3 is 4.74 Å². The third-order valence-corrected chi connectivity index (χ3v) is 5.58. The van der Waals surface area contributed by atoms with Crippen molar-refractivity contribution < 1.29 is 13.2 Å². The van der Waals surface area contributed by atoms with E-state index in [9.17, 15) is 8.42 Å². The van der Waals surface area contributed by atoms with E-state index in [4.69, 9.17) is 10.00 Å². The highest BCUT2D eigenvalue weighted by Gasteiger charge is 2.19. The normalized spacial score (nSPS) is 10.9. The van der Waals surface area contributed by atoms with Gasteiger partial charge in [0.15, 0.2) is 0 Å². The van der Waals surface area contributed by atoms with Gasteiger partial charge in [0.1, 0.15) is 20.9 Å². The highest BCUT2D eigenvalue weighted by atomic mass is 32.2. The zero-order chi connectivity index (χ0) is 13.2. The molecule has 1 aromatic carbocycles. The second kappa shape index (κ2) is 4.80. The fourth-order valence-electron chi connectivity index (χ4n) is 1.40. The predicted molar refractivity (Wildman–Crippen MR) is 67.5 cm³/mol. The Morgan fingerprint density at radius 3 is 2.33 bits per heavy atom. The monoisotopic (exact) mass is 279 g/mol. The summed E-state index contributed by atoms with van der Waals surface area (Å²) in [6.45, 7) is 0. The van der Waals surface area contributed by atoms with Crippen LogP contribution in [0.2, 0.25) is 0 Å².